The Labute approximate surface area is 110 Å². The number of ether oxygens (including phenoxy) is 1. The average molecular weight is 264 g/mol. The number of nitrogens with one attached hydrogen (secondary N) is 1. The van der Waals surface area contributed by atoms with Crippen molar-refractivity contribution in [2.45, 2.75) is 6.54 Å². The molecular formula is C12H16N4OS. The fourth-order valence-corrected chi connectivity index (χ4v) is 2.19. The number of nitrogens with zero attached hydrogens (tertiary/aromatic N) is 3. The highest BCUT2D eigenvalue weighted by atomic mass is 32.1. The Kier molecular flexibility index (Phi) is 3.99. The average Bonchev–Trinajstić information content (AvgIpc) is 2.88. The molecule has 0 radical (unpaired) electrons. The summed E-state index contributed by atoms with van der Waals surface area (Å²) in [6.45, 7) is 0.659. The number of hydrogen-bond donors (Lipinski definition) is 1. The van der Waals surface area contributed by atoms with Crippen molar-refractivity contribution >= 4 is 22.7 Å². The summed E-state index contributed by atoms with van der Waals surface area (Å²) >= 11 is 1.59. The van der Waals surface area contributed by atoms with E-state index in [4.69, 9.17) is 4.74 Å². The second kappa shape index (κ2) is 5.68. The molecule has 0 aromatic carbocycles. The van der Waals surface area contributed by atoms with Gasteiger partial charge < -0.3 is 15.0 Å². The van der Waals surface area contributed by atoms with Crippen LogP contribution in [-0.4, -0.2) is 31.2 Å². The number of anilines is 2. The molecule has 6 heteroatoms. The van der Waals surface area contributed by atoms with Gasteiger partial charge in [0.25, 0.3) is 0 Å². The van der Waals surface area contributed by atoms with Gasteiger partial charge in [-0.25, -0.2) is 9.97 Å². The SMILES string of the molecule is COc1nccc(N(C)C)c1NCc1cscn1. The monoisotopic (exact) mass is 264 g/mol. The molecule has 2 aromatic rings. The van der Waals surface area contributed by atoms with Gasteiger partial charge in [-0.05, 0) is 6.07 Å². The second-order valence-corrected chi connectivity index (χ2v) is 4.66. The Bertz CT molecular complexity index is 499. The van der Waals surface area contributed by atoms with E-state index in [1.165, 1.54) is 0 Å². The van der Waals surface area contributed by atoms with Crippen LogP contribution in [0, 0.1) is 0 Å². The van der Waals surface area contributed by atoms with E-state index in [0.29, 0.717) is 12.4 Å². The summed E-state index contributed by atoms with van der Waals surface area (Å²) < 4.78 is 5.29. The minimum Gasteiger partial charge on any atom is -0.479 e. The second-order valence-electron chi connectivity index (χ2n) is 3.94. The van der Waals surface area contributed by atoms with Crippen LogP contribution in [0.2, 0.25) is 0 Å². The largest absolute Gasteiger partial charge is 0.479 e. The van der Waals surface area contributed by atoms with Crippen molar-refractivity contribution in [2.24, 2.45) is 0 Å². The van der Waals surface area contributed by atoms with Gasteiger partial charge in [-0.15, -0.1) is 11.3 Å². The zero-order valence-corrected chi connectivity index (χ0v) is 11.5. The van der Waals surface area contributed by atoms with E-state index in [-0.39, 0.29) is 0 Å². The highest BCUT2D eigenvalue weighted by Gasteiger charge is 2.11. The third-order valence-corrected chi connectivity index (χ3v) is 3.13. The molecule has 18 heavy (non-hydrogen) atoms. The quantitative estimate of drug-likeness (QED) is 0.897. The lowest BCUT2D eigenvalue weighted by Crippen LogP contribution is -2.13. The number of rotatable bonds is 5. The summed E-state index contributed by atoms with van der Waals surface area (Å²) in [7, 11) is 5.60. The van der Waals surface area contributed by atoms with Crippen molar-refractivity contribution in [3.8, 4) is 5.88 Å². The Hall–Kier alpha value is -1.82. The molecule has 0 fully saturated rings. The lowest BCUT2D eigenvalue weighted by Gasteiger charge is -2.19. The molecule has 96 valence electrons. The molecule has 0 aliphatic carbocycles. The van der Waals surface area contributed by atoms with Crippen LogP contribution in [0.3, 0.4) is 0 Å². The number of thiazole rings is 1. The highest BCUT2D eigenvalue weighted by molar-refractivity contribution is 7.07. The van der Waals surface area contributed by atoms with Crippen molar-refractivity contribution < 1.29 is 4.74 Å². The van der Waals surface area contributed by atoms with Gasteiger partial charge in [0.15, 0.2) is 0 Å². The predicted molar refractivity (Wildman–Crippen MR) is 74.6 cm³/mol. The summed E-state index contributed by atoms with van der Waals surface area (Å²) in [5.41, 5.74) is 4.76. The summed E-state index contributed by atoms with van der Waals surface area (Å²) in [5, 5.41) is 5.35. The molecule has 0 aliphatic rings. The minimum absolute atomic E-state index is 0.594. The summed E-state index contributed by atoms with van der Waals surface area (Å²) in [6.07, 6.45) is 1.74. The van der Waals surface area contributed by atoms with E-state index in [1.807, 2.05) is 36.0 Å². The Balaban J connectivity index is 2.23. The van der Waals surface area contributed by atoms with Crippen LogP contribution in [0.25, 0.3) is 0 Å². The molecule has 0 saturated heterocycles. The molecule has 0 atom stereocenters. The molecule has 0 aliphatic heterocycles. The Morgan fingerprint density at radius 2 is 2.22 bits per heavy atom. The van der Waals surface area contributed by atoms with Crippen molar-refractivity contribution in [3.05, 3.63) is 28.8 Å². The first-order valence-electron chi connectivity index (χ1n) is 5.53. The van der Waals surface area contributed by atoms with Gasteiger partial charge in [0, 0.05) is 25.7 Å². The predicted octanol–water partition coefficient (Wildman–Crippen LogP) is 2.22. The number of hydrogen-bond acceptors (Lipinski definition) is 6. The number of pyridine rings is 1. The molecule has 2 aromatic heterocycles. The van der Waals surface area contributed by atoms with Crippen LogP contribution in [0.15, 0.2) is 23.2 Å². The summed E-state index contributed by atoms with van der Waals surface area (Å²) in [4.78, 5) is 10.5. The lowest BCUT2D eigenvalue weighted by atomic mass is 10.3. The van der Waals surface area contributed by atoms with Crippen molar-refractivity contribution in [2.75, 3.05) is 31.4 Å². The molecule has 2 heterocycles. The van der Waals surface area contributed by atoms with E-state index in [1.54, 1.807) is 24.6 Å². The molecule has 0 saturated carbocycles. The van der Waals surface area contributed by atoms with Crippen molar-refractivity contribution in [1.82, 2.24) is 9.97 Å². The maximum Gasteiger partial charge on any atom is 0.239 e. The highest BCUT2D eigenvalue weighted by Crippen LogP contribution is 2.32. The van der Waals surface area contributed by atoms with E-state index < -0.39 is 0 Å². The molecular weight excluding hydrogens is 248 g/mol. The number of methoxy groups -OCH3 is 1. The zero-order valence-electron chi connectivity index (χ0n) is 10.7. The van der Waals surface area contributed by atoms with Crippen molar-refractivity contribution in [3.63, 3.8) is 0 Å². The van der Waals surface area contributed by atoms with Gasteiger partial charge >= 0.3 is 0 Å². The third-order valence-electron chi connectivity index (χ3n) is 2.50. The smallest absolute Gasteiger partial charge is 0.239 e. The fourth-order valence-electron chi connectivity index (χ4n) is 1.63. The van der Waals surface area contributed by atoms with Gasteiger partial charge in [0.1, 0.15) is 5.69 Å². The van der Waals surface area contributed by atoms with E-state index in [0.717, 1.165) is 17.1 Å². The third kappa shape index (κ3) is 2.70. The van der Waals surface area contributed by atoms with Crippen LogP contribution < -0.4 is 15.0 Å². The standard InChI is InChI=1S/C12H16N4OS/c1-16(2)10-4-5-13-12(17-3)11(10)14-6-9-7-18-8-15-9/h4-5,7-8,14H,6H2,1-3H3. The van der Waals surface area contributed by atoms with Gasteiger partial charge in [0.2, 0.25) is 5.88 Å². The van der Waals surface area contributed by atoms with Gasteiger partial charge in [-0.2, -0.15) is 0 Å². The van der Waals surface area contributed by atoms with Crippen LogP contribution in [-0.2, 0) is 6.54 Å². The van der Waals surface area contributed by atoms with Gasteiger partial charge in [0.05, 0.1) is 30.5 Å². The normalized spacial score (nSPS) is 10.2. The first-order chi connectivity index (χ1) is 8.72. The first-order valence-corrected chi connectivity index (χ1v) is 6.48. The maximum atomic E-state index is 5.29. The summed E-state index contributed by atoms with van der Waals surface area (Å²) in [5.74, 6) is 0.594. The zero-order chi connectivity index (χ0) is 13.0. The van der Waals surface area contributed by atoms with Gasteiger partial charge in [-0.3, -0.25) is 0 Å². The topological polar surface area (TPSA) is 50.3 Å². The maximum absolute atomic E-state index is 5.29. The lowest BCUT2D eigenvalue weighted by molar-refractivity contribution is 0.400. The molecule has 0 amide bonds. The molecule has 2 rings (SSSR count). The Morgan fingerprint density at radius 3 is 2.83 bits per heavy atom. The first kappa shape index (κ1) is 12.6. The fraction of sp³-hybridized carbons (Fsp3) is 0.333. The van der Waals surface area contributed by atoms with E-state index >= 15 is 0 Å². The van der Waals surface area contributed by atoms with E-state index in [2.05, 4.69) is 15.3 Å². The van der Waals surface area contributed by atoms with Crippen LogP contribution >= 0.6 is 11.3 Å². The molecule has 1 N–H and O–H groups in total. The van der Waals surface area contributed by atoms with Crippen LogP contribution in [0.1, 0.15) is 5.69 Å². The molecule has 5 nitrogen and oxygen atoms in total. The molecule has 0 unspecified atom stereocenters. The van der Waals surface area contributed by atoms with Crippen LogP contribution in [0.5, 0.6) is 5.88 Å². The van der Waals surface area contributed by atoms with Crippen molar-refractivity contribution in [1.29, 1.82) is 0 Å². The summed E-state index contributed by atoms with van der Waals surface area (Å²) in [6, 6.07) is 1.95. The van der Waals surface area contributed by atoms with Crippen LogP contribution in [0.4, 0.5) is 11.4 Å². The minimum atomic E-state index is 0.594. The number of aromatic nitrogens is 2. The molecule has 0 bridgehead atoms. The molecule has 0 spiro atoms. The Morgan fingerprint density at radius 1 is 1.39 bits per heavy atom. The van der Waals surface area contributed by atoms with E-state index in [9.17, 15) is 0 Å². The van der Waals surface area contributed by atoms with Gasteiger partial charge in [-0.1, -0.05) is 0 Å².